The summed E-state index contributed by atoms with van der Waals surface area (Å²) in [5, 5.41) is 0. The maximum Gasteiger partial charge on any atom is 0.508 e. The molecule has 0 atom stereocenters. The van der Waals surface area contributed by atoms with Crippen LogP contribution in [0.25, 0.3) is 0 Å². The third-order valence-corrected chi connectivity index (χ3v) is 5.42. The number of hydrogen-bond acceptors (Lipinski definition) is 3. The van der Waals surface area contributed by atoms with Gasteiger partial charge in [-0.2, -0.15) is 0 Å². The van der Waals surface area contributed by atoms with Gasteiger partial charge in [0.25, 0.3) is 0 Å². The van der Waals surface area contributed by atoms with E-state index in [9.17, 15) is 4.79 Å². The van der Waals surface area contributed by atoms with Crippen LogP contribution in [-0.2, 0) is 9.47 Å². The van der Waals surface area contributed by atoms with Gasteiger partial charge in [-0.1, -0.05) is 105 Å². The molecule has 0 aromatic rings. The van der Waals surface area contributed by atoms with Crippen molar-refractivity contribution in [1.82, 2.24) is 0 Å². The van der Waals surface area contributed by atoms with Crippen molar-refractivity contribution >= 4 is 6.16 Å². The van der Waals surface area contributed by atoms with Crippen LogP contribution in [-0.4, -0.2) is 18.9 Å². The van der Waals surface area contributed by atoms with Crippen molar-refractivity contribution in [2.75, 3.05) is 6.61 Å². The molecule has 0 aliphatic heterocycles. The number of hydrogen-bond donors (Lipinski definition) is 0. The predicted molar refractivity (Wildman–Crippen MR) is 125 cm³/mol. The average molecular weight is 411 g/mol. The van der Waals surface area contributed by atoms with Crippen LogP contribution in [0.3, 0.4) is 0 Å². The van der Waals surface area contributed by atoms with Crippen molar-refractivity contribution in [3.63, 3.8) is 0 Å². The van der Waals surface area contributed by atoms with E-state index in [1.807, 2.05) is 0 Å². The number of carbonyl (C=O) groups excluding carboxylic acids is 1. The zero-order valence-electron chi connectivity index (χ0n) is 20.2. The molecule has 0 radical (unpaired) electrons. The van der Waals surface area contributed by atoms with Crippen molar-refractivity contribution in [1.29, 1.82) is 0 Å². The minimum Gasteiger partial charge on any atom is -0.434 e. The maximum atomic E-state index is 11.8. The number of carbonyl (C=O) groups is 1. The molecule has 3 nitrogen and oxygen atoms in total. The largest absolute Gasteiger partial charge is 0.508 e. The summed E-state index contributed by atoms with van der Waals surface area (Å²) in [5.74, 6) is 0.626. The first kappa shape index (κ1) is 28.0. The van der Waals surface area contributed by atoms with E-state index in [0.717, 1.165) is 12.8 Å². The standard InChI is InChI=1S/C26H50O3/c1-6-7-8-9-10-11-12-13-14-15-16-17-18-19-20-21-22-28-26(27)29-25(23(2)3)24(4)5/h13-14,23-25H,6-12,15-22H2,1-5H3/b14-13-. The monoisotopic (exact) mass is 410 g/mol. The van der Waals surface area contributed by atoms with Gasteiger partial charge in [0.05, 0.1) is 6.61 Å². The van der Waals surface area contributed by atoms with Gasteiger partial charge in [-0.25, -0.2) is 4.79 Å². The van der Waals surface area contributed by atoms with Crippen LogP contribution in [0.2, 0.25) is 0 Å². The van der Waals surface area contributed by atoms with Gasteiger partial charge in [0.1, 0.15) is 6.10 Å². The summed E-state index contributed by atoms with van der Waals surface area (Å²) in [6, 6.07) is 0. The van der Waals surface area contributed by atoms with Crippen molar-refractivity contribution in [2.24, 2.45) is 11.8 Å². The molecular formula is C26H50O3. The molecule has 0 aliphatic rings. The first-order valence-corrected chi connectivity index (χ1v) is 12.5. The van der Waals surface area contributed by atoms with Gasteiger partial charge in [0.15, 0.2) is 0 Å². The fourth-order valence-electron chi connectivity index (χ4n) is 3.69. The molecule has 0 saturated heterocycles. The van der Waals surface area contributed by atoms with Crippen LogP contribution in [0.5, 0.6) is 0 Å². The molecule has 0 fully saturated rings. The summed E-state index contributed by atoms with van der Waals surface area (Å²) in [6.45, 7) is 11.0. The molecule has 0 N–H and O–H groups in total. The molecule has 0 aromatic carbocycles. The molecule has 0 saturated carbocycles. The Hall–Kier alpha value is -0.990. The Kier molecular flexibility index (Phi) is 19.6. The first-order valence-electron chi connectivity index (χ1n) is 12.5. The van der Waals surface area contributed by atoms with Gasteiger partial charge in [-0.15, -0.1) is 0 Å². The van der Waals surface area contributed by atoms with Crippen LogP contribution in [0.1, 0.15) is 125 Å². The van der Waals surface area contributed by atoms with Crippen LogP contribution < -0.4 is 0 Å². The fraction of sp³-hybridized carbons (Fsp3) is 0.885. The molecule has 0 amide bonds. The molecule has 0 bridgehead atoms. The molecule has 0 aliphatic carbocycles. The first-order chi connectivity index (χ1) is 14.0. The Morgan fingerprint density at radius 1 is 0.690 bits per heavy atom. The van der Waals surface area contributed by atoms with Gasteiger partial charge in [-0.05, 0) is 43.9 Å². The normalized spacial score (nSPS) is 11.9. The number of ether oxygens (including phenoxy) is 2. The van der Waals surface area contributed by atoms with Gasteiger partial charge in [0, 0.05) is 0 Å². The summed E-state index contributed by atoms with van der Waals surface area (Å²) in [4.78, 5) is 11.8. The fourth-order valence-corrected chi connectivity index (χ4v) is 3.69. The van der Waals surface area contributed by atoms with Crippen LogP contribution in [0.15, 0.2) is 12.2 Å². The van der Waals surface area contributed by atoms with E-state index in [4.69, 9.17) is 9.47 Å². The second-order valence-electron chi connectivity index (χ2n) is 9.11. The topological polar surface area (TPSA) is 35.5 Å². The number of rotatable bonds is 19. The Morgan fingerprint density at radius 2 is 1.14 bits per heavy atom. The third-order valence-electron chi connectivity index (χ3n) is 5.42. The highest BCUT2D eigenvalue weighted by Gasteiger charge is 2.22. The zero-order chi connectivity index (χ0) is 21.7. The smallest absolute Gasteiger partial charge is 0.434 e. The lowest BCUT2D eigenvalue weighted by atomic mass is 9.96. The van der Waals surface area contributed by atoms with Crippen LogP contribution in [0.4, 0.5) is 4.79 Å². The minimum absolute atomic E-state index is 0.0673. The van der Waals surface area contributed by atoms with Crippen molar-refractivity contribution in [2.45, 2.75) is 131 Å². The van der Waals surface area contributed by atoms with Gasteiger partial charge in [-0.3, -0.25) is 0 Å². The lowest BCUT2D eigenvalue weighted by molar-refractivity contribution is -0.0110. The van der Waals surface area contributed by atoms with Crippen LogP contribution >= 0.6 is 0 Å². The molecule has 172 valence electrons. The molecule has 0 unspecified atom stereocenters. The quantitative estimate of drug-likeness (QED) is 0.121. The van der Waals surface area contributed by atoms with E-state index < -0.39 is 6.16 Å². The van der Waals surface area contributed by atoms with Gasteiger partial charge >= 0.3 is 6.16 Å². The Bertz CT molecular complexity index is 379. The predicted octanol–water partition coefficient (Wildman–Crippen LogP) is 8.86. The third kappa shape index (κ3) is 18.8. The molecular weight excluding hydrogens is 360 g/mol. The Balaban J connectivity index is 3.39. The highest BCUT2D eigenvalue weighted by atomic mass is 16.7. The molecule has 3 heteroatoms. The number of unbranched alkanes of at least 4 members (excludes halogenated alkanes) is 12. The summed E-state index contributed by atoms with van der Waals surface area (Å²) in [6.07, 6.45) is 22.1. The van der Waals surface area contributed by atoms with E-state index in [1.54, 1.807) is 0 Å². The lowest BCUT2D eigenvalue weighted by Crippen LogP contribution is -2.29. The van der Waals surface area contributed by atoms with E-state index in [0.29, 0.717) is 18.4 Å². The summed E-state index contributed by atoms with van der Waals surface area (Å²) in [5.41, 5.74) is 0. The highest BCUT2D eigenvalue weighted by Crippen LogP contribution is 2.17. The summed E-state index contributed by atoms with van der Waals surface area (Å²) < 4.78 is 10.7. The van der Waals surface area contributed by atoms with Gasteiger partial charge in [0.2, 0.25) is 0 Å². The lowest BCUT2D eigenvalue weighted by Gasteiger charge is -2.24. The van der Waals surface area contributed by atoms with E-state index >= 15 is 0 Å². The number of allylic oxidation sites excluding steroid dienone is 2. The highest BCUT2D eigenvalue weighted by molar-refractivity contribution is 5.60. The average Bonchev–Trinajstić information content (AvgIpc) is 2.68. The Labute approximate surface area is 182 Å². The minimum atomic E-state index is -0.509. The van der Waals surface area contributed by atoms with Gasteiger partial charge < -0.3 is 9.47 Å². The van der Waals surface area contributed by atoms with E-state index in [1.165, 1.54) is 77.0 Å². The van der Waals surface area contributed by atoms with Crippen molar-refractivity contribution in [3.8, 4) is 0 Å². The van der Waals surface area contributed by atoms with Crippen LogP contribution in [0, 0.1) is 11.8 Å². The van der Waals surface area contributed by atoms with Crippen molar-refractivity contribution < 1.29 is 14.3 Å². The maximum absolute atomic E-state index is 11.8. The molecule has 0 rings (SSSR count). The van der Waals surface area contributed by atoms with E-state index in [-0.39, 0.29) is 6.10 Å². The summed E-state index contributed by atoms with van der Waals surface area (Å²) >= 11 is 0. The second kappa shape index (κ2) is 20.3. The molecule has 29 heavy (non-hydrogen) atoms. The molecule has 0 spiro atoms. The second-order valence-corrected chi connectivity index (χ2v) is 9.11. The van der Waals surface area contributed by atoms with Crippen molar-refractivity contribution in [3.05, 3.63) is 12.2 Å². The Morgan fingerprint density at radius 3 is 1.62 bits per heavy atom. The summed E-state index contributed by atoms with van der Waals surface area (Å²) in [7, 11) is 0. The van der Waals surface area contributed by atoms with E-state index in [2.05, 4.69) is 46.8 Å². The molecule has 0 aromatic heterocycles. The SMILES string of the molecule is CCCCCCCC/C=C\CCCCCCCCOC(=O)OC(C(C)C)C(C)C. The zero-order valence-corrected chi connectivity index (χ0v) is 20.2. The molecule has 0 heterocycles.